The van der Waals surface area contributed by atoms with Crippen LogP contribution >= 0.6 is 0 Å². The van der Waals surface area contributed by atoms with Gasteiger partial charge in [-0.1, -0.05) is 6.92 Å². The third kappa shape index (κ3) is 3.72. The van der Waals surface area contributed by atoms with Crippen LogP contribution in [0, 0.1) is 0 Å². The van der Waals surface area contributed by atoms with Crippen molar-refractivity contribution in [3.8, 4) is 5.75 Å². The number of hydrogen-bond donors (Lipinski definition) is 3. The number of carboxylic acid groups (broad SMARTS) is 1. The quantitative estimate of drug-likeness (QED) is 0.689. The van der Waals surface area contributed by atoms with Crippen LogP contribution in [0.1, 0.15) is 30.6 Å². The molecule has 1 aromatic carbocycles. The van der Waals surface area contributed by atoms with Crippen LogP contribution in [0.5, 0.6) is 5.75 Å². The summed E-state index contributed by atoms with van der Waals surface area (Å²) >= 11 is 0. The number of aliphatic carboxylic acids is 1. The third-order valence-electron chi connectivity index (χ3n) is 3.43. The molecule has 0 amide bonds. The Balaban J connectivity index is 2.02. The number of ketones is 1. The number of benzene rings is 1. The van der Waals surface area contributed by atoms with E-state index in [0.717, 1.165) is 11.4 Å². The number of ether oxygens (including phenoxy) is 1. The minimum atomic E-state index is -0.945. The topological polar surface area (TPSA) is 87.7 Å². The number of fused-ring (bicyclic) bond motifs is 1. The highest BCUT2D eigenvalue weighted by atomic mass is 16.5. The van der Waals surface area contributed by atoms with E-state index in [1.54, 1.807) is 25.1 Å². The van der Waals surface area contributed by atoms with Crippen LogP contribution in [0.4, 0.5) is 5.69 Å². The molecule has 3 N–H and O–H groups in total. The van der Waals surface area contributed by atoms with Gasteiger partial charge in [0.1, 0.15) is 17.9 Å². The summed E-state index contributed by atoms with van der Waals surface area (Å²) in [6, 6.07) is 4.51. The van der Waals surface area contributed by atoms with E-state index in [1.807, 2.05) is 6.92 Å². The van der Waals surface area contributed by atoms with Gasteiger partial charge in [0.05, 0.1) is 18.8 Å². The van der Waals surface area contributed by atoms with Gasteiger partial charge in [0, 0.05) is 5.56 Å². The van der Waals surface area contributed by atoms with Crippen LogP contribution in [0.2, 0.25) is 0 Å². The van der Waals surface area contributed by atoms with E-state index in [1.165, 1.54) is 0 Å². The highest BCUT2D eigenvalue weighted by Gasteiger charge is 2.19. The van der Waals surface area contributed by atoms with E-state index in [0.29, 0.717) is 18.5 Å². The number of carboxylic acids is 1. The Morgan fingerprint density at radius 2 is 2.29 bits per heavy atom. The van der Waals surface area contributed by atoms with Crippen LogP contribution in [-0.4, -0.2) is 42.1 Å². The Morgan fingerprint density at radius 1 is 1.52 bits per heavy atom. The minimum Gasteiger partial charge on any atom is -0.487 e. The number of rotatable bonds is 6. The molecule has 1 aliphatic heterocycles. The number of anilines is 1. The fourth-order valence-electron chi connectivity index (χ4n) is 2.18. The van der Waals surface area contributed by atoms with E-state index < -0.39 is 12.0 Å². The first-order valence-corrected chi connectivity index (χ1v) is 7.05. The second kappa shape index (κ2) is 6.58. The molecule has 1 aliphatic rings. The molecule has 2 rings (SSSR count). The first kappa shape index (κ1) is 15.3. The van der Waals surface area contributed by atoms with Crippen LogP contribution in [0.15, 0.2) is 18.2 Å². The second-order valence-corrected chi connectivity index (χ2v) is 5.12. The zero-order valence-electron chi connectivity index (χ0n) is 12.2. The average Bonchev–Trinajstić information content (AvgIpc) is 2.46. The summed E-state index contributed by atoms with van der Waals surface area (Å²) in [6.07, 6.45) is 0.529. The van der Waals surface area contributed by atoms with Crippen molar-refractivity contribution in [2.24, 2.45) is 0 Å². The van der Waals surface area contributed by atoms with Gasteiger partial charge in [0.2, 0.25) is 0 Å². The molecule has 0 fully saturated rings. The third-order valence-corrected chi connectivity index (χ3v) is 3.43. The largest absolute Gasteiger partial charge is 0.487 e. The molecule has 0 aliphatic carbocycles. The summed E-state index contributed by atoms with van der Waals surface area (Å²) < 4.78 is 5.65. The Bertz CT molecular complexity index is 544. The van der Waals surface area contributed by atoms with Crippen molar-refractivity contribution in [2.75, 3.05) is 18.4 Å². The lowest BCUT2D eigenvalue weighted by atomic mass is 10.1. The molecule has 0 radical (unpaired) electrons. The molecule has 114 valence electrons. The van der Waals surface area contributed by atoms with Crippen molar-refractivity contribution in [1.29, 1.82) is 0 Å². The molecule has 21 heavy (non-hydrogen) atoms. The predicted octanol–water partition coefficient (Wildman–Crippen LogP) is 1.51. The summed E-state index contributed by atoms with van der Waals surface area (Å²) in [7, 11) is 0. The first-order chi connectivity index (χ1) is 10.0. The molecule has 2 unspecified atom stereocenters. The number of nitrogens with one attached hydrogen (secondary N) is 2. The Morgan fingerprint density at radius 3 is 2.95 bits per heavy atom. The molecule has 0 aromatic heterocycles. The monoisotopic (exact) mass is 292 g/mol. The van der Waals surface area contributed by atoms with Crippen molar-refractivity contribution < 1.29 is 19.4 Å². The maximum atomic E-state index is 12.1. The molecular weight excluding hydrogens is 272 g/mol. The first-order valence-electron chi connectivity index (χ1n) is 7.05. The number of carbonyl (C=O) groups is 2. The zero-order valence-corrected chi connectivity index (χ0v) is 12.2. The highest BCUT2D eigenvalue weighted by molar-refractivity contribution is 5.99. The summed E-state index contributed by atoms with van der Waals surface area (Å²) in [5.74, 6) is -0.354. The molecule has 1 heterocycles. The normalized spacial score (nSPS) is 18.1. The Hall–Kier alpha value is -2.08. The van der Waals surface area contributed by atoms with Gasteiger partial charge in [-0.15, -0.1) is 0 Å². The van der Waals surface area contributed by atoms with Gasteiger partial charge in [-0.2, -0.15) is 0 Å². The molecular formula is C15H20N2O4. The molecule has 2 atom stereocenters. The van der Waals surface area contributed by atoms with Gasteiger partial charge >= 0.3 is 5.97 Å². The molecule has 0 saturated carbocycles. The van der Waals surface area contributed by atoms with Gasteiger partial charge in [0.25, 0.3) is 0 Å². The highest BCUT2D eigenvalue weighted by Crippen LogP contribution is 2.29. The van der Waals surface area contributed by atoms with Crippen LogP contribution in [0.25, 0.3) is 0 Å². The van der Waals surface area contributed by atoms with Gasteiger partial charge in [0.15, 0.2) is 5.78 Å². The van der Waals surface area contributed by atoms with Crippen molar-refractivity contribution in [1.82, 2.24) is 5.32 Å². The summed E-state index contributed by atoms with van der Waals surface area (Å²) in [5, 5.41) is 14.9. The molecule has 1 aromatic rings. The fraction of sp³-hybridized carbons (Fsp3) is 0.467. The van der Waals surface area contributed by atoms with Gasteiger partial charge in [-0.05, 0) is 31.5 Å². The molecule has 0 bridgehead atoms. The van der Waals surface area contributed by atoms with Crippen molar-refractivity contribution in [3.05, 3.63) is 23.8 Å². The molecule has 0 spiro atoms. The van der Waals surface area contributed by atoms with E-state index in [4.69, 9.17) is 9.84 Å². The standard InChI is InChI=1S/C15H20N2O4/c1-3-11(15(19)20)17-8-13(18)10-4-5-14-12(6-10)16-7-9(2)21-14/h4-6,9,11,16-17H,3,7-8H2,1-2H3,(H,19,20). The van der Waals surface area contributed by atoms with Crippen molar-refractivity contribution >= 4 is 17.4 Å². The van der Waals surface area contributed by atoms with Gasteiger partial charge < -0.3 is 15.2 Å². The van der Waals surface area contributed by atoms with Crippen LogP contribution in [0.3, 0.4) is 0 Å². The zero-order chi connectivity index (χ0) is 15.4. The minimum absolute atomic E-state index is 0.000846. The van der Waals surface area contributed by atoms with Gasteiger partial charge in [-0.25, -0.2) is 0 Å². The van der Waals surface area contributed by atoms with E-state index in [-0.39, 0.29) is 18.4 Å². The maximum absolute atomic E-state index is 12.1. The molecule has 6 heteroatoms. The predicted molar refractivity (Wildman–Crippen MR) is 79.1 cm³/mol. The number of Topliss-reactive ketones (excluding diaryl/α,β-unsaturated/α-hetero) is 1. The summed E-state index contributed by atoms with van der Waals surface area (Å²) in [4.78, 5) is 23.0. The van der Waals surface area contributed by atoms with Crippen molar-refractivity contribution in [2.45, 2.75) is 32.4 Å². The fourth-order valence-corrected chi connectivity index (χ4v) is 2.18. The van der Waals surface area contributed by atoms with Gasteiger partial charge in [-0.3, -0.25) is 14.9 Å². The van der Waals surface area contributed by atoms with Crippen molar-refractivity contribution in [3.63, 3.8) is 0 Å². The lowest BCUT2D eigenvalue weighted by Gasteiger charge is -2.25. The lowest BCUT2D eigenvalue weighted by molar-refractivity contribution is -0.139. The number of carbonyl (C=O) groups excluding carboxylic acids is 1. The molecule has 0 saturated heterocycles. The average molecular weight is 292 g/mol. The SMILES string of the molecule is CCC(NCC(=O)c1ccc2c(c1)NCC(C)O2)C(=O)O. The summed E-state index contributed by atoms with van der Waals surface area (Å²) in [5.41, 5.74) is 1.33. The maximum Gasteiger partial charge on any atom is 0.320 e. The van der Waals surface area contributed by atoms with E-state index in [9.17, 15) is 9.59 Å². The van der Waals surface area contributed by atoms with E-state index in [2.05, 4.69) is 10.6 Å². The Labute approximate surface area is 123 Å². The van der Waals surface area contributed by atoms with E-state index >= 15 is 0 Å². The second-order valence-electron chi connectivity index (χ2n) is 5.12. The lowest BCUT2D eigenvalue weighted by Crippen LogP contribution is -2.39. The molecule has 6 nitrogen and oxygen atoms in total. The summed E-state index contributed by atoms with van der Waals surface area (Å²) in [6.45, 7) is 4.42. The van der Waals surface area contributed by atoms with Crippen LogP contribution < -0.4 is 15.4 Å². The smallest absolute Gasteiger partial charge is 0.320 e. The number of hydrogen-bond acceptors (Lipinski definition) is 5. The van der Waals surface area contributed by atoms with Crippen LogP contribution in [-0.2, 0) is 4.79 Å². The Kier molecular flexibility index (Phi) is 4.80.